The number of carbonyl (C=O) groups excluding carboxylic acids is 1. The van der Waals surface area contributed by atoms with Gasteiger partial charge in [-0.3, -0.25) is 4.79 Å². The summed E-state index contributed by atoms with van der Waals surface area (Å²) in [5, 5.41) is 5.17. The molecule has 1 atom stereocenters. The number of carbonyl (C=O) groups is 1. The molecule has 2 heterocycles. The van der Waals surface area contributed by atoms with E-state index in [4.69, 9.17) is 4.74 Å². The van der Waals surface area contributed by atoms with Crippen LogP contribution in [0.2, 0.25) is 0 Å². The highest BCUT2D eigenvalue weighted by Crippen LogP contribution is 2.25. The Morgan fingerprint density at radius 2 is 1.96 bits per heavy atom. The van der Waals surface area contributed by atoms with Gasteiger partial charge in [-0.25, -0.2) is 4.98 Å². The molecule has 5 heteroatoms. The highest BCUT2D eigenvalue weighted by atomic mass is 16.5. The average Bonchev–Trinajstić information content (AvgIpc) is 3.13. The number of pyridine rings is 1. The zero-order chi connectivity index (χ0) is 18.8. The van der Waals surface area contributed by atoms with Gasteiger partial charge >= 0.3 is 0 Å². The molecule has 0 saturated carbocycles. The van der Waals surface area contributed by atoms with Gasteiger partial charge in [0, 0.05) is 12.4 Å². The standard InChI is InChI=1S/C22H21N3O2/c1-15(16-6-7-18-12-20(27-2)9-8-17(18)11-16)22(26)23-13-19-14-25-10-4-3-5-21(25)24-19/h3-12,14-15H,13H2,1-2H3,(H,23,26)/t15-/m0/s1. The van der Waals surface area contributed by atoms with Gasteiger partial charge in [-0.2, -0.15) is 0 Å². The molecule has 1 amide bonds. The maximum Gasteiger partial charge on any atom is 0.227 e. The third kappa shape index (κ3) is 3.49. The van der Waals surface area contributed by atoms with Crippen LogP contribution >= 0.6 is 0 Å². The Morgan fingerprint density at radius 3 is 2.78 bits per heavy atom. The molecular weight excluding hydrogens is 338 g/mol. The van der Waals surface area contributed by atoms with Crippen LogP contribution in [0.5, 0.6) is 5.75 Å². The third-order valence-corrected chi connectivity index (χ3v) is 4.82. The normalized spacial score (nSPS) is 12.2. The zero-order valence-electron chi connectivity index (χ0n) is 15.3. The topological polar surface area (TPSA) is 55.6 Å². The van der Waals surface area contributed by atoms with Crippen molar-refractivity contribution in [3.05, 3.63) is 78.2 Å². The summed E-state index contributed by atoms with van der Waals surface area (Å²) in [7, 11) is 1.66. The van der Waals surface area contributed by atoms with E-state index in [1.807, 2.05) is 72.2 Å². The molecular formula is C22H21N3O2. The summed E-state index contributed by atoms with van der Waals surface area (Å²) in [5.74, 6) is 0.571. The summed E-state index contributed by atoms with van der Waals surface area (Å²) in [5.41, 5.74) is 2.70. The second kappa shape index (κ2) is 7.11. The molecule has 0 aliphatic rings. The highest BCUT2D eigenvalue weighted by molar-refractivity contribution is 5.88. The van der Waals surface area contributed by atoms with Gasteiger partial charge < -0.3 is 14.5 Å². The van der Waals surface area contributed by atoms with E-state index in [0.29, 0.717) is 6.54 Å². The minimum Gasteiger partial charge on any atom is -0.497 e. The first kappa shape index (κ1) is 17.1. The minimum absolute atomic E-state index is 0.0140. The monoisotopic (exact) mass is 359 g/mol. The molecule has 0 saturated heterocycles. The van der Waals surface area contributed by atoms with Crippen LogP contribution in [0.4, 0.5) is 0 Å². The van der Waals surface area contributed by atoms with Crippen molar-refractivity contribution in [2.24, 2.45) is 0 Å². The number of fused-ring (bicyclic) bond motifs is 2. The van der Waals surface area contributed by atoms with Crippen LogP contribution in [0.15, 0.2) is 67.0 Å². The summed E-state index contributed by atoms with van der Waals surface area (Å²) in [6, 6.07) is 17.9. The number of aromatic nitrogens is 2. The number of hydrogen-bond donors (Lipinski definition) is 1. The number of methoxy groups -OCH3 is 1. The fraction of sp³-hybridized carbons (Fsp3) is 0.182. The molecule has 0 fully saturated rings. The predicted octanol–water partition coefficient (Wildman–Crippen LogP) is 3.92. The summed E-state index contributed by atoms with van der Waals surface area (Å²) in [6.45, 7) is 2.33. The van der Waals surface area contributed by atoms with Crippen molar-refractivity contribution >= 4 is 22.3 Å². The van der Waals surface area contributed by atoms with E-state index in [-0.39, 0.29) is 11.8 Å². The van der Waals surface area contributed by atoms with Crippen molar-refractivity contribution < 1.29 is 9.53 Å². The second-order valence-electron chi connectivity index (χ2n) is 6.61. The second-order valence-corrected chi connectivity index (χ2v) is 6.61. The van der Waals surface area contributed by atoms with Gasteiger partial charge in [0.2, 0.25) is 5.91 Å². The molecule has 2 aromatic carbocycles. The molecule has 136 valence electrons. The largest absolute Gasteiger partial charge is 0.497 e. The molecule has 1 N–H and O–H groups in total. The molecule has 27 heavy (non-hydrogen) atoms. The number of amides is 1. The molecule has 0 radical (unpaired) electrons. The Morgan fingerprint density at radius 1 is 1.15 bits per heavy atom. The fourth-order valence-corrected chi connectivity index (χ4v) is 3.19. The van der Waals surface area contributed by atoms with Crippen LogP contribution in [-0.2, 0) is 11.3 Å². The Kier molecular flexibility index (Phi) is 4.50. The molecule has 0 aliphatic heterocycles. The first-order chi connectivity index (χ1) is 13.1. The lowest BCUT2D eigenvalue weighted by Crippen LogP contribution is -2.27. The van der Waals surface area contributed by atoms with Crippen molar-refractivity contribution in [3.63, 3.8) is 0 Å². The van der Waals surface area contributed by atoms with Crippen molar-refractivity contribution in [2.75, 3.05) is 7.11 Å². The number of nitrogens with one attached hydrogen (secondary N) is 1. The number of nitrogens with zero attached hydrogens (tertiary/aromatic N) is 2. The summed E-state index contributed by atoms with van der Waals surface area (Å²) in [4.78, 5) is 17.1. The maximum absolute atomic E-state index is 12.6. The Hall–Kier alpha value is -3.34. The van der Waals surface area contributed by atoms with E-state index in [9.17, 15) is 4.79 Å². The third-order valence-electron chi connectivity index (χ3n) is 4.82. The fourth-order valence-electron chi connectivity index (χ4n) is 3.19. The van der Waals surface area contributed by atoms with Gasteiger partial charge in [0.05, 0.1) is 25.3 Å². The van der Waals surface area contributed by atoms with Crippen molar-refractivity contribution in [2.45, 2.75) is 19.4 Å². The molecule has 0 bridgehead atoms. The molecule has 2 aromatic heterocycles. The van der Waals surface area contributed by atoms with Gasteiger partial charge in [0.1, 0.15) is 11.4 Å². The lowest BCUT2D eigenvalue weighted by Gasteiger charge is -2.13. The van der Waals surface area contributed by atoms with Gasteiger partial charge in [-0.05, 0) is 47.5 Å². The van der Waals surface area contributed by atoms with Gasteiger partial charge in [0.25, 0.3) is 0 Å². The Bertz CT molecular complexity index is 1080. The number of rotatable bonds is 5. The van der Waals surface area contributed by atoms with Crippen molar-refractivity contribution in [1.82, 2.24) is 14.7 Å². The first-order valence-electron chi connectivity index (χ1n) is 8.92. The number of benzene rings is 2. The van der Waals surface area contributed by atoms with E-state index in [2.05, 4.69) is 16.4 Å². The maximum atomic E-state index is 12.6. The lowest BCUT2D eigenvalue weighted by atomic mass is 9.97. The molecule has 0 aliphatic carbocycles. The van der Waals surface area contributed by atoms with Gasteiger partial charge in [-0.15, -0.1) is 0 Å². The summed E-state index contributed by atoms with van der Waals surface area (Å²) < 4.78 is 7.21. The van der Waals surface area contributed by atoms with E-state index < -0.39 is 0 Å². The van der Waals surface area contributed by atoms with Crippen LogP contribution in [0, 0.1) is 0 Å². The van der Waals surface area contributed by atoms with Crippen molar-refractivity contribution in [1.29, 1.82) is 0 Å². The van der Waals surface area contributed by atoms with Crippen LogP contribution in [-0.4, -0.2) is 22.4 Å². The first-order valence-corrected chi connectivity index (χ1v) is 8.92. The van der Waals surface area contributed by atoms with E-state index in [1.54, 1.807) is 7.11 Å². The molecule has 4 aromatic rings. The van der Waals surface area contributed by atoms with Crippen LogP contribution in [0.25, 0.3) is 16.4 Å². The zero-order valence-corrected chi connectivity index (χ0v) is 15.3. The average molecular weight is 359 g/mol. The van der Waals surface area contributed by atoms with Gasteiger partial charge in [0.15, 0.2) is 0 Å². The molecule has 0 spiro atoms. The SMILES string of the molecule is COc1ccc2cc([C@H](C)C(=O)NCc3cn4ccccc4n3)ccc2c1. The van der Waals surface area contributed by atoms with Crippen LogP contribution < -0.4 is 10.1 Å². The summed E-state index contributed by atoms with van der Waals surface area (Å²) >= 11 is 0. The van der Waals surface area contributed by atoms with Crippen LogP contribution in [0.1, 0.15) is 24.1 Å². The lowest BCUT2D eigenvalue weighted by molar-refractivity contribution is -0.122. The predicted molar refractivity (Wildman–Crippen MR) is 106 cm³/mol. The Labute approximate surface area is 157 Å². The molecule has 5 nitrogen and oxygen atoms in total. The summed E-state index contributed by atoms with van der Waals surface area (Å²) in [6.07, 6.45) is 3.88. The quantitative estimate of drug-likeness (QED) is 0.588. The van der Waals surface area contributed by atoms with E-state index >= 15 is 0 Å². The number of ether oxygens (including phenoxy) is 1. The van der Waals surface area contributed by atoms with E-state index in [0.717, 1.165) is 33.4 Å². The van der Waals surface area contributed by atoms with Crippen molar-refractivity contribution in [3.8, 4) is 5.75 Å². The molecule has 4 rings (SSSR count). The van der Waals surface area contributed by atoms with Gasteiger partial charge in [-0.1, -0.05) is 30.3 Å². The van der Waals surface area contributed by atoms with E-state index in [1.165, 1.54) is 0 Å². The minimum atomic E-state index is -0.242. The van der Waals surface area contributed by atoms with Crippen LogP contribution in [0.3, 0.4) is 0 Å². The highest BCUT2D eigenvalue weighted by Gasteiger charge is 2.16. The number of hydrogen-bond acceptors (Lipinski definition) is 3. The smallest absolute Gasteiger partial charge is 0.227 e. The Balaban J connectivity index is 1.47. The molecule has 0 unspecified atom stereocenters. The number of imidazole rings is 1.